The van der Waals surface area contributed by atoms with Crippen LogP contribution in [-0.4, -0.2) is 193 Å². The molecule has 3 saturated heterocycles. The molecule has 12 N–H and O–H groups in total. The molecule has 0 aromatic rings. The Morgan fingerprint density at radius 3 is 1.37 bits per heavy atom. The van der Waals surface area contributed by atoms with Gasteiger partial charge in [0.1, 0.15) is 73.2 Å². The Balaban J connectivity index is 1.55. The lowest BCUT2D eigenvalue weighted by Crippen LogP contribution is -2.66. The van der Waals surface area contributed by atoms with Crippen molar-refractivity contribution in [3.63, 3.8) is 0 Å². The zero-order valence-corrected chi connectivity index (χ0v) is 44.1. The van der Waals surface area contributed by atoms with Crippen molar-refractivity contribution >= 4 is 5.91 Å². The molecular formula is C54H99NO18. The molecule has 1 amide bonds. The van der Waals surface area contributed by atoms with Gasteiger partial charge in [-0.15, -0.1) is 0 Å². The van der Waals surface area contributed by atoms with E-state index in [1.54, 1.807) is 6.08 Å². The van der Waals surface area contributed by atoms with Gasteiger partial charge in [0, 0.05) is 6.42 Å². The molecule has 0 spiro atoms. The van der Waals surface area contributed by atoms with Crippen LogP contribution in [0.15, 0.2) is 24.3 Å². The fourth-order valence-corrected chi connectivity index (χ4v) is 9.56. The maximum absolute atomic E-state index is 13.2. The standard InChI is InChI=1S/C54H99NO18/c1-3-5-7-9-11-13-15-17-18-20-21-23-25-27-29-31-38(59)37(55-42(60)32-30-28-26-24-22-19-16-14-12-10-8-6-4-2)36-68-52-48(66)45(63)50(40(34-57)70-52)73-54-49(67)46(64)51(41(35-58)71-54)72-53-47(65)44(62)43(61)39(33-56)69-53/h21,23,29,31,37-41,43-54,56-59,61-67H,3-20,22,24-28,30,32-36H2,1-2H3,(H,55,60)/b23-21+,31-29+. The number of aliphatic hydroxyl groups is 11. The van der Waals surface area contributed by atoms with E-state index in [-0.39, 0.29) is 18.9 Å². The minimum atomic E-state index is -1.98. The molecule has 428 valence electrons. The van der Waals surface area contributed by atoms with Crippen molar-refractivity contribution in [2.24, 2.45) is 0 Å². The minimum Gasteiger partial charge on any atom is -0.394 e. The minimum absolute atomic E-state index is 0.239. The molecule has 0 aromatic carbocycles. The Morgan fingerprint density at radius 1 is 0.479 bits per heavy atom. The lowest BCUT2D eigenvalue weighted by molar-refractivity contribution is -0.379. The van der Waals surface area contributed by atoms with E-state index in [1.807, 2.05) is 6.08 Å². The Hall–Kier alpha value is -1.73. The monoisotopic (exact) mass is 1050 g/mol. The van der Waals surface area contributed by atoms with E-state index in [1.165, 1.54) is 109 Å². The van der Waals surface area contributed by atoms with E-state index in [4.69, 9.17) is 28.4 Å². The molecule has 17 atom stereocenters. The van der Waals surface area contributed by atoms with Gasteiger partial charge in [0.2, 0.25) is 5.91 Å². The molecule has 19 heteroatoms. The average Bonchev–Trinajstić information content (AvgIpc) is 3.39. The maximum Gasteiger partial charge on any atom is 0.220 e. The summed E-state index contributed by atoms with van der Waals surface area (Å²) < 4.78 is 34.1. The van der Waals surface area contributed by atoms with Crippen LogP contribution in [0.5, 0.6) is 0 Å². The first kappa shape index (κ1) is 65.6. The van der Waals surface area contributed by atoms with Gasteiger partial charge in [-0.25, -0.2) is 0 Å². The van der Waals surface area contributed by atoms with Gasteiger partial charge in [0.25, 0.3) is 0 Å². The number of carbonyl (C=O) groups is 1. The summed E-state index contributed by atoms with van der Waals surface area (Å²) in [6.45, 7) is 1.68. The van der Waals surface area contributed by atoms with E-state index in [0.717, 1.165) is 38.5 Å². The largest absolute Gasteiger partial charge is 0.394 e. The van der Waals surface area contributed by atoms with Gasteiger partial charge in [-0.05, 0) is 32.1 Å². The van der Waals surface area contributed by atoms with Crippen molar-refractivity contribution < 1.29 is 89.4 Å². The van der Waals surface area contributed by atoms with Crippen molar-refractivity contribution in [2.45, 2.75) is 285 Å². The lowest BCUT2D eigenvalue weighted by Gasteiger charge is -2.48. The van der Waals surface area contributed by atoms with Crippen LogP contribution < -0.4 is 5.32 Å². The van der Waals surface area contributed by atoms with Gasteiger partial charge < -0.3 is 89.9 Å². The molecule has 0 saturated carbocycles. The third-order valence-corrected chi connectivity index (χ3v) is 14.3. The third-order valence-electron chi connectivity index (χ3n) is 14.3. The summed E-state index contributed by atoms with van der Waals surface area (Å²) in [5.41, 5.74) is 0. The van der Waals surface area contributed by atoms with E-state index in [2.05, 4.69) is 31.3 Å². The first-order chi connectivity index (χ1) is 35.3. The van der Waals surface area contributed by atoms with Crippen LogP contribution >= 0.6 is 0 Å². The molecule has 0 radical (unpaired) electrons. The number of hydrogen-bond acceptors (Lipinski definition) is 18. The Labute approximate surface area is 435 Å². The Bertz CT molecular complexity index is 1440. The van der Waals surface area contributed by atoms with Crippen LogP contribution in [0.4, 0.5) is 0 Å². The van der Waals surface area contributed by atoms with Crippen molar-refractivity contribution in [3.8, 4) is 0 Å². The summed E-state index contributed by atoms with van der Waals surface area (Å²) in [5, 5.41) is 120. The molecule has 3 fully saturated rings. The third kappa shape index (κ3) is 23.8. The summed E-state index contributed by atoms with van der Waals surface area (Å²) in [4.78, 5) is 13.2. The molecule has 0 aliphatic carbocycles. The van der Waals surface area contributed by atoms with Crippen LogP contribution in [0.25, 0.3) is 0 Å². The van der Waals surface area contributed by atoms with Crippen LogP contribution in [-0.2, 0) is 33.2 Å². The molecule has 73 heavy (non-hydrogen) atoms. The molecule has 3 heterocycles. The number of unbranched alkanes of at least 4 members (excludes halogenated alkanes) is 22. The molecule has 0 bridgehead atoms. The number of rotatable bonds is 40. The quantitative estimate of drug-likeness (QED) is 0.0308. The van der Waals surface area contributed by atoms with E-state index in [0.29, 0.717) is 12.8 Å². The fourth-order valence-electron chi connectivity index (χ4n) is 9.56. The zero-order chi connectivity index (χ0) is 53.4. The number of nitrogens with one attached hydrogen (secondary N) is 1. The fraction of sp³-hybridized carbons (Fsp3) is 0.907. The highest BCUT2D eigenvalue weighted by molar-refractivity contribution is 5.76. The summed E-state index contributed by atoms with van der Waals surface area (Å²) in [6, 6.07) is -0.983. The molecule has 19 nitrogen and oxygen atoms in total. The predicted molar refractivity (Wildman–Crippen MR) is 273 cm³/mol. The van der Waals surface area contributed by atoms with E-state index < -0.39 is 124 Å². The van der Waals surface area contributed by atoms with Crippen LogP contribution in [0, 0.1) is 0 Å². The van der Waals surface area contributed by atoms with Crippen molar-refractivity contribution in [1.29, 1.82) is 0 Å². The van der Waals surface area contributed by atoms with E-state index in [9.17, 15) is 61.0 Å². The molecule has 0 aromatic heterocycles. The highest BCUT2D eigenvalue weighted by atomic mass is 16.8. The summed E-state index contributed by atoms with van der Waals surface area (Å²) in [5.74, 6) is -0.286. The van der Waals surface area contributed by atoms with Gasteiger partial charge in [0.15, 0.2) is 18.9 Å². The summed E-state index contributed by atoms with van der Waals surface area (Å²) in [7, 11) is 0. The highest BCUT2D eigenvalue weighted by Gasteiger charge is 2.53. The molecule has 3 aliphatic heterocycles. The summed E-state index contributed by atoms with van der Waals surface area (Å²) in [6.07, 6.45) is 10.3. The van der Waals surface area contributed by atoms with Gasteiger partial charge in [-0.3, -0.25) is 4.79 Å². The Morgan fingerprint density at radius 2 is 0.877 bits per heavy atom. The van der Waals surface area contributed by atoms with Gasteiger partial charge >= 0.3 is 0 Å². The van der Waals surface area contributed by atoms with Crippen LogP contribution in [0.2, 0.25) is 0 Å². The second kappa shape index (κ2) is 38.8. The van der Waals surface area contributed by atoms with Crippen molar-refractivity contribution in [3.05, 3.63) is 24.3 Å². The average molecular weight is 1050 g/mol. The van der Waals surface area contributed by atoms with Crippen LogP contribution in [0.3, 0.4) is 0 Å². The molecule has 3 rings (SSSR count). The predicted octanol–water partition coefficient (Wildman–Crippen LogP) is 3.59. The second-order valence-corrected chi connectivity index (χ2v) is 20.4. The molecule has 3 aliphatic rings. The smallest absolute Gasteiger partial charge is 0.220 e. The van der Waals surface area contributed by atoms with Crippen LogP contribution in [0.1, 0.15) is 181 Å². The SMILES string of the molecule is CCCCCCCCCCC/C=C/CC/C=C/C(O)C(COC1OC(CO)C(OC2OC(CO)C(OC3OC(CO)C(O)C(O)C3O)C(O)C2O)C(O)C1O)NC(=O)CCCCCCCCCCCCCCC. The highest BCUT2D eigenvalue weighted by Crippen LogP contribution is 2.33. The Kier molecular flexibility index (Phi) is 34.8. The number of ether oxygens (including phenoxy) is 6. The van der Waals surface area contributed by atoms with Gasteiger partial charge in [-0.2, -0.15) is 0 Å². The second-order valence-electron chi connectivity index (χ2n) is 20.4. The van der Waals surface area contributed by atoms with Gasteiger partial charge in [0.05, 0.1) is 38.6 Å². The van der Waals surface area contributed by atoms with Crippen molar-refractivity contribution in [2.75, 3.05) is 26.4 Å². The number of aliphatic hydroxyl groups excluding tert-OH is 11. The zero-order valence-electron chi connectivity index (χ0n) is 44.1. The first-order valence-electron chi connectivity index (χ1n) is 28.1. The topological polar surface area (TPSA) is 307 Å². The molecular weight excluding hydrogens is 951 g/mol. The van der Waals surface area contributed by atoms with E-state index >= 15 is 0 Å². The number of carbonyl (C=O) groups excluding carboxylic acids is 1. The number of amides is 1. The summed E-state index contributed by atoms with van der Waals surface area (Å²) >= 11 is 0. The first-order valence-corrected chi connectivity index (χ1v) is 28.1. The number of hydrogen-bond donors (Lipinski definition) is 12. The van der Waals surface area contributed by atoms with Gasteiger partial charge in [-0.1, -0.05) is 167 Å². The van der Waals surface area contributed by atoms with Crippen molar-refractivity contribution in [1.82, 2.24) is 5.32 Å². The molecule has 17 unspecified atom stereocenters. The lowest BCUT2D eigenvalue weighted by atomic mass is 9.96. The maximum atomic E-state index is 13.2. The normalized spacial score (nSPS) is 31.9. The number of allylic oxidation sites excluding steroid dienone is 3.